The molecule has 0 saturated carbocycles. The lowest BCUT2D eigenvalue weighted by Gasteiger charge is -2.13. The Morgan fingerprint density at radius 2 is 1.28 bits per heavy atom. The summed E-state index contributed by atoms with van der Waals surface area (Å²) >= 11 is 1.37. The lowest BCUT2D eigenvalue weighted by Crippen LogP contribution is -2.30. The number of benzene rings is 5. The Morgan fingerprint density at radius 1 is 0.681 bits per heavy atom. The minimum atomic E-state index is -0.499. The van der Waals surface area contributed by atoms with Crippen molar-refractivity contribution in [1.29, 1.82) is 0 Å². The highest BCUT2D eigenvalue weighted by molar-refractivity contribution is 8.00. The third-order valence-corrected chi connectivity index (χ3v) is 7.66. The second-order valence-corrected chi connectivity index (χ2v) is 11.2. The average Bonchev–Trinajstić information content (AvgIpc) is 3.10. The molecule has 0 heterocycles. The van der Waals surface area contributed by atoms with Crippen LogP contribution in [0.4, 0.5) is 11.4 Å². The lowest BCUT2D eigenvalue weighted by molar-refractivity contribution is -0.114. The van der Waals surface area contributed by atoms with Crippen LogP contribution >= 0.6 is 11.8 Å². The second-order valence-electron chi connectivity index (χ2n) is 10.1. The summed E-state index contributed by atoms with van der Waals surface area (Å²) in [5.74, 6) is 1.14. The molecule has 0 bridgehead atoms. The van der Waals surface area contributed by atoms with Gasteiger partial charge >= 0.3 is 0 Å². The normalized spacial score (nSPS) is 10.9. The van der Waals surface area contributed by atoms with E-state index in [1.807, 2.05) is 73.7 Å². The molecule has 5 rings (SSSR count). The van der Waals surface area contributed by atoms with Crippen LogP contribution < -0.4 is 25.4 Å². The topological polar surface area (TPSA) is 106 Å². The summed E-state index contributed by atoms with van der Waals surface area (Å²) < 4.78 is 11.5. The van der Waals surface area contributed by atoms with Crippen molar-refractivity contribution < 1.29 is 23.9 Å². The molecule has 0 aliphatic heterocycles. The number of amides is 3. The predicted octanol–water partition coefficient (Wildman–Crippen LogP) is 8.02. The third-order valence-electron chi connectivity index (χ3n) is 6.65. The number of ether oxygens (including phenoxy) is 2. The Kier molecular flexibility index (Phi) is 11.4. The van der Waals surface area contributed by atoms with Crippen molar-refractivity contribution in [2.24, 2.45) is 0 Å². The number of nitrogens with one attached hydrogen (secondary N) is 3. The molecule has 3 N–H and O–H groups in total. The number of anilines is 2. The molecule has 0 radical (unpaired) electrons. The highest BCUT2D eigenvalue weighted by Gasteiger charge is 2.16. The van der Waals surface area contributed by atoms with E-state index in [1.54, 1.807) is 72.8 Å². The van der Waals surface area contributed by atoms with E-state index in [1.165, 1.54) is 11.8 Å². The molecule has 47 heavy (non-hydrogen) atoms. The zero-order valence-corrected chi connectivity index (χ0v) is 26.5. The zero-order valence-electron chi connectivity index (χ0n) is 25.6. The first-order valence-corrected chi connectivity index (χ1v) is 15.9. The quantitative estimate of drug-likeness (QED) is 0.0887. The van der Waals surface area contributed by atoms with Gasteiger partial charge in [-0.3, -0.25) is 14.4 Å². The molecule has 0 saturated heterocycles. The summed E-state index contributed by atoms with van der Waals surface area (Å²) in [5, 5.41) is 8.49. The molecule has 0 atom stereocenters. The van der Waals surface area contributed by atoms with E-state index in [9.17, 15) is 14.4 Å². The van der Waals surface area contributed by atoms with Gasteiger partial charge in [-0.15, -0.1) is 11.8 Å². The molecule has 0 aliphatic rings. The molecule has 0 aliphatic carbocycles. The van der Waals surface area contributed by atoms with Gasteiger partial charge in [0.2, 0.25) is 5.91 Å². The predicted molar refractivity (Wildman–Crippen MR) is 187 cm³/mol. The van der Waals surface area contributed by atoms with Crippen LogP contribution in [0.3, 0.4) is 0 Å². The van der Waals surface area contributed by atoms with Crippen LogP contribution in [0.15, 0.2) is 144 Å². The van der Waals surface area contributed by atoms with Crippen molar-refractivity contribution in [3.05, 3.63) is 150 Å². The Bertz CT molecular complexity index is 1830. The smallest absolute Gasteiger partial charge is 0.272 e. The molecule has 0 spiro atoms. The summed E-state index contributed by atoms with van der Waals surface area (Å²) in [6.45, 7) is 2.33. The maximum absolute atomic E-state index is 13.4. The summed E-state index contributed by atoms with van der Waals surface area (Å²) in [6.07, 6.45) is 1.59. The van der Waals surface area contributed by atoms with Gasteiger partial charge in [0.05, 0.1) is 12.4 Å². The highest BCUT2D eigenvalue weighted by atomic mass is 32.2. The number of carbonyl (C=O) groups excluding carboxylic acids is 3. The monoisotopic (exact) mass is 643 g/mol. The Hall–Kier alpha value is -5.80. The fourth-order valence-electron chi connectivity index (χ4n) is 4.39. The van der Waals surface area contributed by atoms with Crippen molar-refractivity contribution >= 4 is 46.9 Å². The van der Waals surface area contributed by atoms with E-state index in [4.69, 9.17) is 9.47 Å². The fraction of sp³-hybridized carbons (Fsp3) is 0.0789. The summed E-state index contributed by atoms with van der Waals surface area (Å²) in [4.78, 5) is 39.9. The molecule has 9 heteroatoms. The van der Waals surface area contributed by atoms with Crippen LogP contribution in [0.25, 0.3) is 6.08 Å². The van der Waals surface area contributed by atoms with Gasteiger partial charge < -0.3 is 25.4 Å². The minimum absolute atomic E-state index is 0.0563. The average molecular weight is 644 g/mol. The van der Waals surface area contributed by atoms with Crippen LogP contribution in [0.1, 0.15) is 22.8 Å². The minimum Gasteiger partial charge on any atom is -0.493 e. The first-order chi connectivity index (χ1) is 23.0. The molecule has 8 nitrogen and oxygen atoms in total. The SMILES string of the molecule is CCOc1ccccc1/C=C(\NC(=O)c1ccccc1)C(=O)Nc1ccc(SCC(=O)Nc2ccc(Oc3ccccc3)cc2)cc1. The number of carbonyl (C=O) groups is 3. The molecule has 5 aromatic rings. The van der Waals surface area contributed by atoms with E-state index < -0.39 is 11.8 Å². The van der Waals surface area contributed by atoms with E-state index in [2.05, 4.69) is 16.0 Å². The standard InChI is InChI=1S/C38H33N3O5S/c1-2-45-35-16-10-9-13-28(35)25-34(41-37(43)27-11-5-3-6-12-27)38(44)40-30-19-23-33(24-20-30)47-26-36(42)39-29-17-21-32(22-18-29)46-31-14-7-4-8-15-31/h3-25H,2,26H2,1H3,(H,39,42)(H,40,44)(H,41,43)/b34-25-. The molecule has 5 aromatic carbocycles. The zero-order chi connectivity index (χ0) is 32.8. The third kappa shape index (κ3) is 9.84. The molecule has 3 amide bonds. The van der Waals surface area contributed by atoms with Gasteiger partial charge in [-0.05, 0) is 91.9 Å². The van der Waals surface area contributed by atoms with Crippen molar-refractivity contribution in [3.8, 4) is 17.2 Å². The number of hydrogen-bond acceptors (Lipinski definition) is 6. The molecule has 0 aromatic heterocycles. The van der Waals surface area contributed by atoms with Crippen LogP contribution in [-0.2, 0) is 9.59 Å². The fourth-order valence-corrected chi connectivity index (χ4v) is 5.09. The number of para-hydroxylation sites is 2. The van der Waals surface area contributed by atoms with Crippen molar-refractivity contribution in [2.45, 2.75) is 11.8 Å². The van der Waals surface area contributed by atoms with E-state index >= 15 is 0 Å². The lowest BCUT2D eigenvalue weighted by atomic mass is 10.1. The van der Waals surface area contributed by atoms with Crippen LogP contribution in [-0.4, -0.2) is 30.1 Å². The van der Waals surface area contributed by atoms with Crippen LogP contribution in [0.5, 0.6) is 17.2 Å². The molecule has 0 unspecified atom stereocenters. The molecule has 236 valence electrons. The van der Waals surface area contributed by atoms with Crippen molar-refractivity contribution in [2.75, 3.05) is 23.0 Å². The van der Waals surface area contributed by atoms with E-state index in [0.717, 1.165) is 10.6 Å². The highest BCUT2D eigenvalue weighted by Crippen LogP contribution is 2.25. The van der Waals surface area contributed by atoms with E-state index in [-0.39, 0.29) is 17.4 Å². The first kappa shape index (κ1) is 32.6. The van der Waals surface area contributed by atoms with Crippen LogP contribution in [0.2, 0.25) is 0 Å². The van der Waals surface area contributed by atoms with Gasteiger partial charge in [-0.1, -0.05) is 54.6 Å². The maximum atomic E-state index is 13.4. The first-order valence-electron chi connectivity index (χ1n) is 14.9. The molecular weight excluding hydrogens is 611 g/mol. The summed E-state index contributed by atoms with van der Waals surface area (Å²) in [5.41, 5.74) is 2.32. The maximum Gasteiger partial charge on any atom is 0.272 e. The van der Waals surface area contributed by atoms with E-state index in [0.29, 0.717) is 40.6 Å². The molecular formula is C38H33N3O5S. The van der Waals surface area contributed by atoms with Gasteiger partial charge in [0.1, 0.15) is 22.9 Å². The Labute approximate surface area is 277 Å². The largest absolute Gasteiger partial charge is 0.493 e. The van der Waals surface area contributed by atoms with Gasteiger partial charge in [-0.2, -0.15) is 0 Å². The van der Waals surface area contributed by atoms with Gasteiger partial charge in [0.15, 0.2) is 0 Å². The van der Waals surface area contributed by atoms with Crippen LogP contribution in [0, 0.1) is 0 Å². The summed E-state index contributed by atoms with van der Waals surface area (Å²) in [6, 6.07) is 39.7. The number of hydrogen-bond donors (Lipinski definition) is 3. The Balaban J connectivity index is 1.18. The number of thioether (sulfide) groups is 1. The summed E-state index contributed by atoms with van der Waals surface area (Å²) in [7, 11) is 0. The van der Waals surface area contributed by atoms with Gasteiger partial charge in [0.25, 0.3) is 11.8 Å². The van der Waals surface area contributed by atoms with Gasteiger partial charge in [-0.25, -0.2) is 0 Å². The van der Waals surface area contributed by atoms with Crippen molar-refractivity contribution in [1.82, 2.24) is 5.32 Å². The Morgan fingerprint density at radius 3 is 1.98 bits per heavy atom. The van der Waals surface area contributed by atoms with Gasteiger partial charge in [0, 0.05) is 27.4 Å². The molecule has 0 fully saturated rings. The number of rotatable bonds is 13. The second kappa shape index (κ2) is 16.5. The van der Waals surface area contributed by atoms with Crippen molar-refractivity contribution in [3.63, 3.8) is 0 Å².